The van der Waals surface area contributed by atoms with Crippen LogP contribution in [0.3, 0.4) is 0 Å². The normalized spacial score (nSPS) is 22.7. The number of thiocarbonyl (C=S) groups is 1. The van der Waals surface area contributed by atoms with Gasteiger partial charge in [-0.25, -0.2) is 0 Å². The second kappa shape index (κ2) is 10.3. The predicted molar refractivity (Wildman–Crippen MR) is 131 cm³/mol. The molecule has 1 aromatic carbocycles. The van der Waals surface area contributed by atoms with E-state index >= 15 is 0 Å². The van der Waals surface area contributed by atoms with Crippen LogP contribution in [0.2, 0.25) is 18.1 Å². The Morgan fingerprint density at radius 2 is 1.93 bits per heavy atom. The number of rotatable bonds is 10. The van der Waals surface area contributed by atoms with Crippen molar-refractivity contribution in [3.63, 3.8) is 0 Å². The van der Waals surface area contributed by atoms with Crippen LogP contribution < -0.4 is 0 Å². The second-order valence-corrected chi connectivity index (χ2v) is 15.2. The first-order chi connectivity index (χ1) is 14.4. The first kappa shape index (κ1) is 23.9. The topological polar surface area (TPSA) is 49.8 Å². The zero-order valence-electron chi connectivity index (χ0n) is 18.6. The average molecular weight is 466 g/mol. The van der Waals surface area contributed by atoms with Gasteiger partial charge >= 0.3 is 0 Å². The minimum absolute atomic E-state index is 0.00931. The maximum Gasteiger partial charge on any atom is 0.231 e. The summed E-state index contributed by atoms with van der Waals surface area (Å²) in [6.45, 7) is 9.24. The number of aliphatic hydroxyl groups excluding tert-OH is 1. The number of carbonyl (C=O) groups is 1. The number of hydrogen-bond donors (Lipinski definition) is 1. The molecule has 4 atom stereocenters. The van der Waals surface area contributed by atoms with E-state index in [0.717, 1.165) is 31.0 Å². The molecule has 1 aliphatic heterocycles. The summed E-state index contributed by atoms with van der Waals surface area (Å²) < 4.78 is 7.07. The Kier molecular flexibility index (Phi) is 8.18. The molecule has 1 saturated heterocycles. The van der Waals surface area contributed by atoms with Gasteiger partial charge in [-0.15, -0.1) is 0 Å². The van der Waals surface area contributed by atoms with Crippen molar-refractivity contribution in [2.24, 2.45) is 5.92 Å². The molecule has 1 aliphatic carbocycles. The van der Waals surface area contributed by atoms with Crippen LogP contribution >= 0.6 is 24.0 Å². The van der Waals surface area contributed by atoms with Crippen molar-refractivity contribution in [2.75, 3.05) is 6.61 Å². The summed E-state index contributed by atoms with van der Waals surface area (Å²) >= 11 is 7.19. The smallest absolute Gasteiger partial charge is 0.231 e. The van der Waals surface area contributed by atoms with Crippen LogP contribution in [-0.2, 0) is 15.6 Å². The molecule has 3 rings (SSSR count). The predicted octanol–water partition coefficient (Wildman–Crippen LogP) is 5.31. The molecule has 0 bridgehead atoms. The van der Waals surface area contributed by atoms with Gasteiger partial charge in [-0.2, -0.15) is 0 Å². The zero-order chi connectivity index (χ0) is 21.9. The molecule has 1 amide bonds. The number of nitrogens with zero attached hydrogens (tertiary/aromatic N) is 1. The number of fused-ring (bicyclic) bond motifs is 3. The molecule has 2 aliphatic rings. The highest BCUT2D eigenvalue weighted by Gasteiger charge is 2.47. The number of amides is 1. The first-order valence-electron chi connectivity index (χ1n) is 11.3. The van der Waals surface area contributed by atoms with Crippen LogP contribution in [0.4, 0.5) is 0 Å². The van der Waals surface area contributed by atoms with E-state index in [-0.39, 0.29) is 24.3 Å². The van der Waals surface area contributed by atoms with E-state index < -0.39 is 14.4 Å². The lowest BCUT2D eigenvalue weighted by Crippen LogP contribution is -2.41. The molecule has 1 heterocycles. The molecule has 4 nitrogen and oxygen atoms in total. The first-order valence-corrected chi connectivity index (χ1v) is 15.1. The van der Waals surface area contributed by atoms with E-state index in [2.05, 4.69) is 45.9 Å². The van der Waals surface area contributed by atoms with Crippen molar-refractivity contribution >= 4 is 42.5 Å². The van der Waals surface area contributed by atoms with Gasteiger partial charge in [-0.3, -0.25) is 9.69 Å². The van der Waals surface area contributed by atoms with Gasteiger partial charge in [-0.1, -0.05) is 75.9 Å². The Labute approximate surface area is 191 Å². The third kappa shape index (κ3) is 4.70. The molecular formula is C23H35NO3S2Si. The lowest BCUT2D eigenvalue weighted by molar-refractivity contribution is -0.131. The standard InChI is InChI=1S/C23H35NO3S2Si/c1-5-16(15-27-30(6-2,7-3)8-4)19(25)14-21(26)24-22-18-12-10-9-11-17(18)13-20(22)29-23(24)28/h9-12,16,19-20,22,25H,5-8,13-15H2,1-4H3/t16-,19-,20-,22+/m1/s1. The van der Waals surface area contributed by atoms with E-state index in [9.17, 15) is 9.90 Å². The van der Waals surface area contributed by atoms with Gasteiger partial charge in [0.25, 0.3) is 0 Å². The molecule has 0 saturated carbocycles. The molecule has 7 heteroatoms. The van der Waals surface area contributed by atoms with Crippen LogP contribution in [0.15, 0.2) is 24.3 Å². The highest BCUT2D eigenvalue weighted by molar-refractivity contribution is 8.23. The zero-order valence-corrected chi connectivity index (χ0v) is 21.2. The van der Waals surface area contributed by atoms with Crippen molar-refractivity contribution in [1.82, 2.24) is 4.90 Å². The van der Waals surface area contributed by atoms with E-state index in [0.29, 0.717) is 16.2 Å². The lowest BCUT2D eigenvalue weighted by atomic mass is 9.97. The third-order valence-electron chi connectivity index (χ3n) is 7.13. The summed E-state index contributed by atoms with van der Waals surface area (Å²) in [5.41, 5.74) is 2.51. The van der Waals surface area contributed by atoms with Crippen LogP contribution in [0.1, 0.15) is 57.7 Å². The monoisotopic (exact) mass is 465 g/mol. The Hall–Kier alpha value is -0.733. The summed E-state index contributed by atoms with van der Waals surface area (Å²) in [6.07, 6.45) is 1.14. The Morgan fingerprint density at radius 3 is 2.57 bits per heavy atom. The van der Waals surface area contributed by atoms with Crippen LogP contribution in [-0.4, -0.2) is 46.5 Å². The summed E-state index contributed by atoms with van der Waals surface area (Å²) in [7, 11) is -1.71. The minimum atomic E-state index is -1.71. The maximum absolute atomic E-state index is 13.2. The largest absolute Gasteiger partial charge is 0.416 e. The van der Waals surface area contributed by atoms with Gasteiger partial charge in [0.1, 0.15) is 4.32 Å². The summed E-state index contributed by atoms with van der Waals surface area (Å²) in [4.78, 5) is 15.0. The number of hydrogen-bond acceptors (Lipinski definition) is 5. The van der Waals surface area contributed by atoms with Crippen LogP contribution in [0.5, 0.6) is 0 Å². The Bertz CT molecular complexity index is 762. The Balaban J connectivity index is 1.66. The number of aliphatic hydroxyl groups is 1. The highest BCUT2D eigenvalue weighted by Crippen LogP contribution is 2.49. The fourth-order valence-electron chi connectivity index (χ4n) is 4.79. The molecule has 30 heavy (non-hydrogen) atoms. The molecule has 1 N–H and O–H groups in total. The van der Waals surface area contributed by atoms with Crippen molar-refractivity contribution in [2.45, 2.75) is 82.5 Å². The molecule has 1 aromatic rings. The van der Waals surface area contributed by atoms with Gasteiger partial charge in [0.2, 0.25) is 5.91 Å². The maximum atomic E-state index is 13.2. The molecule has 1 fully saturated rings. The third-order valence-corrected chi connectivity index (χ3v) is 13.4. The number of thioether (sulfide) groups is 1. The fraction of sp³-hybridized carbons (Fsp3) is 0.652. The summed E-state index contributed by atoms with van der Waals surface area (Å²) in [5, 5.41) is 11.2. The molecular weight excluding hydrogens is 430 g/mol. The van der Waals surface area contributed by atoms with Gasteiger partial charge in [-0.05, 0) is 42.1 Å². The van der Waals surface area contributed by atoms with Crippen LogP contribution in [0.25, 0.3) is 0 Å². The summed E-state index contributed by atoms with van der Waals surface area (Å²) in [6, 6.07) is 11.6. The molecule has 166 valence electrons. The van der Waals surface area contributed by atoms with E-state index in [1.54, 1.807) is 16.7 Å². The van der Waals surface area contributed by atoms with E-state index in [1.165, 1.54) is 11.1 Å². The molecule has 0 unspecified atom stereocenters. The van der Waals surface area contributed by atoms with E-state index in [4.69, 9.17) is 16.6 Å². The fourth-order valence-corrected chi connectivity index (χ4v) is 9.30. The van der Waals surface area contributed by atoms with E-state index in [1.807, 2.05) is 6.07 Å². The van der Waals surface area contributed by atoms with Gasteiger partial charge in [0.15, 0.2) is 8.32 Å². The van der Waals surface area contributed by atoms with Crippen molar-refractivity contribution in [1.29, 1.82) is 0 Å². The van der Waals surface area contributed by atoms with Crippen molar-refractivity contribution in [3.05, 3.63) is 35.4 Å². The van der Waals surface area contributed by atoms with Gasteiger partial charge < -0.3 is 9.53 Å². The van der Waals surface area contributed by atoms with Crippen molar-refractivity contribution in [3.8, 4) is 0 Å². The lowest BCUT2D eigenvalue weighted by Gasteiger charge is -2.32. The number of carbonyl (C=O) groups excluding carboxylic acids is 1. The molecule has 0 aromatic heterocycles. The summed E-state index contributed by atoms with van der Waals surface area (Å²) in [5.74, 6) is -0.0893. The van der Waals surface area contributed by atoms with Crippen molar-refractivity contribution < 1.29 is 14.3 Å². The van der Waals surface area contributed by atoms with Gasteiger partial charge in [0.05, 0.1) is 18.6 Å². The molecule has 0 spiro atoms. The molecule has 0 radical (unpaired) electrons. The second-order valence-electron chi connectivity index (χ2n) is 8.53. The Morgan fingerprint density at radius 1 is 1.27 bits per heavy atom. The SMILES string of the molecule is CC[C@H](CO[Si](CC)(CC)CC)[C@H](O)CC(=O)N1C(=S)S[C@@H]2Cc3ccccc3[C@@H]21. The average Bonchev–Trinajstić information content (AvgIpc) is 3.25. The van der Waals surface area contributed by atoms with Gasteiger partial charge in [0, 0.05) is 17.8 Å². The highest BCUT2D eigenvalue weighted by atomic mass is 32.2. The minimum Gasteiger partial charge on any atom is -0.416 e. The quantitative estimate of drug-likeness (QED) is 0.375. The number of benzene rings is 1. The van der Waals surface area contributed by atoms with Crippen LogP contribution in [0, 0.1) is 5.92 Å².